The minimum atomic E-state index is -3.89. The second-order valence-electron chi connectivity index (χ2n) is 4.74. The van der Waals surface area contributed by atoms with Gasteiger partial charge in [0.25, 0.3) is 10.1 Å². The van der Waals surface area contributed by atoms with Gasteiger partial charge in [-0.05, 0) is 37.5 Å². The maximum absolute atomic E-state index is 10.9. The fraction of sp³-hybridized carbons (Fsp3) is 0.600. The number of hydrogen-bond acceptors (Lipinski definition) is 2. The van der Waals surface area contributed by atoms with Crippen molar-refractivity contribution in [3.8, 4) is 0 Å². The van der Waals surface area contributed by atoms with E-state index in [4.69, 9.17) is 4.55 Å². The van der Waals surface area contributed by atoms with Crippen LogP contribution < -0.4 is 0 Å². The molecule has 0 saturated heterocycles. The van der Waals surface area contributed by atoms with Crippen LogP contribution in [0.2, 0.25) is 0 Å². The molecule has 20 heavy (non-hydrogen) atoms. The molecule has 0 heterocycles. The highest BCUT2D eigenvalue weighted by molar-refractivity contribution is 7.85. The highest BCUT2D eigenvalue weighted by Crippen LogP contribution is 2.15. The third-order valence-corrected chi connectivity index (χ3v) is 3.61. The third-order valence-electron chi connectivity index (χ3n) is 2.80. The molecule has 0 fully saturated rings. The molecule has 0 radical (unpaired) electrons. The van der Waals surface area contributed by atoms with Crippen molar-refractivity contribution >= 4 is 10.1 Å². The highest BCUT2D eigenvalue weighted by atomic mass is 32.2. The van der Waals surface area contributed by atoms with Gasteiger partial charge in [0.15, 0.2) is 0 Å². The Balaban J connectivity index is 5.10. The quantitative estimate of drug-likeness (QED) is 0.492. The van der Waals surface area contributed by atoms with Crippen LogP contribution >= 0.6 is 0 Å². The number of nitrogens with zero attached hydrogens (tertiary/aromatic N) is 1. The Morgan fingerprint density at radius 1 is 0.900 bits per heavy atom. The lowest BCUT2D eigenvalue weighted by atomic mass is 10.3. The molecule has 0 aromatic rings. The standard InChI is InChI=1S/C15H27NO3S/c1-4-7-11-16(12-8-5-2,13-9-6-3)14-10-15-20(17,18)19/h7-9,11-13H,4-6,10,14-15H2,1-3H3/p+1/b11-7+,12-8+,13-9+. The molecule has 0 aromatic heterocycles. The molecule has 4 nitrogen and oxygen atoms in total. The maximum Gasteiger partial charge on any atom is 0.265 e. The van der Waals surface area contributed by atoms with Gasteiger partial charge in [-0.1, -0.05) is 20.8 Å². The van der Waals surface area contributed by atoms with E-state index in [0.29, 0.717) is 17.4 Å². The SMILES string of the molecule is CC/C=C/[N+](/C=C/CC)(/C=C/CC)CCCS(=O)(=O)O. The van der Waals surface area contributed by atoms with E-state index in [9.17, 15) is 8.42 Å². The molecule has 0 aliphatic carbocycles. The summed E-state index contributed by atoms with van der Waals surface area (Å²) in [6, 6.07) is 0. The third kappa shape index (κ3) is 9.07. The predicted octanol–water partition coefficient (Wildman–Crippen LogP) is 3.85. The van der Waals surface area contributed by atoms with Crippen molar-refractivity contribution in [2.75, 3.05) is 12.3 Å². The van der Waals surface area contributed by atoms with E-state index in [2.05, 4.69) is 57.6 Å². The van der Waals surface area contributed by atoms with Crippen molar-refractivity contribution in [1.29, 1.82) is 0 Å². The average Bonchev–Trinajstić information content (AvgIpc) is 2.38. The first-order chi connectivity index (χ1) is 9.39. The summed E-state index contributed by atoms with van der Waals surface area (Å²) in [5.74, 6) is -0.201. The first kappa shape index (κ1) is 19.1. The molecule has 1 N–H and O–H groups in total. The summed E-state index contributed by atoms with van der Waals surface area (Å²) in [6.07, 6.45) is 15.6. The number of allylic oxidation sites excluding steroid dienone is 3. The monoisotopic (exact) mass is 302 g/mol. The van der Waals surface area contributed by atoms with Gasteiger partial charge in [-0.2, -0.15) is 8.42 Å². The van der Waals surface area contributed by atoms with Gasteiger partial charge in [0, 0.05) is 6.42 Å². The van der Waals surface area contributed by atoms with Gasteiger partial charge >= 0.3 is 0 Å². The summed E-state index contributed by atoms with van der Waals surface area (Å²) in [4.78, 5) is 0. The number of quaternary nitrogens is 1. The summed E-state index contributed by atoms with van der Waals surface area (Å²) >= 11 is 0. The van der Waals surface area contributed by atoms with Crippen LogP contribution in [-0.4, -0.2) is 29.8 Å². The van der Waals surface area contributed by atoms with Crippen molar-refractivity contribution in [2.45, 2.75) is 46.5 Å². The fourth-order valence-electron chi connectivity index (χ4n) is 1.80. The van der Waals surface area contributed by atoms with Crippen LogP contribution in [0.15, 0.2) is 36.8 Å². The fourth-order valence-corrected chi connectivity index (χ4v) is 2.29. The topological polar surface area (TPSA) is 54.4 Å². The summed E-state index contributed by atoms with van der Waals surface area (Å²) in [7, 11) is -3.89. The molecule has 116 valence electrons. The molecule has 0 spiro atoms. The van der Waals surface area contributed by atoms with E-state index in [-0.39, 0.29) is 5.75 Å². The molecular weight excluding hydrogens is 274 g/mol. The molecule has 0 saturated carbocycles. The molecule has 0 aliphatic heterocycles. The molecular formula is C15H28NO3S+. The minimum Gasteiger partial charge on any atom is -0.286 e. The van der Waals surface area contributed by atoms with E-state index in [1.54, 1.807) is 0 Å². The van der Waals surface area contributed by atoms with Crippen LogP contribution in [0.25, 0.3) is 0 Å². The van der Waals surface area contributed by atoms with Gasteiger partial charge in [0.1, 0.15) is 18.6 Å². The van der Waals surface area contributed by atoms with Gasteiger partial charge in [-0.15, -0.1) is 0 Å². The lowest BCUT2D eigenvalue weighted by molar-refractivity contribution is -0.773. The Kier molecular flexibility index (Phi) is 9.46. The molecule has 0 unspecified atom stereocenters. The Labute approximate surface area is 123 Å². The van der Waals surface area contributed by atoms with Crippen LogP contribution in [0.5, 0.6) is 0 Å². The smallest absolute Gasteiger partial charge is 0.265 e. The van der Waals surface area contributed by atoms with Crippen LogP contribution in [0.3, 0.4) is 0 Å². The second-order valence-corrected chi connectivity index (χ2v) is 6.31. The average molecular weight is 302 g/mol. The minimum absolute atomic E-state index is 0.201. The summed E-state index contributed by atoms with van der Waals surface area (Å²) < 4.78 is 31.1. The molecule has 0 aliphatic rings. The van der Waals surface area contributed by atoms with Gasteiger partial charge in [-0.3, -0.25) is 4.55 Å². The summed E-state index contributed by atoms with van der Waals surface area (Å²) in [5.41, 5.74) is 0. The molecule has 0 atom stereocenters. The van der Waals surface area contributed by atoms with Gasteiger partial charge in [0.05, 0.1) is 12.3 Å². The normalized spacial score (nSPS) is 14.0. The van der Waals surface area contributed by atoms with Crippen molar-refractivity contribution in [2.24, 2.45) is 0 Å². The summed E-state index contributed by atoms with van der Waals surface area (Å²) in [6.45, 7) is 6.81. The van der Waals surface area contributed by atoms with Gasteiger partial charge < -0.3 is 0 Å². The molecule has 0 rings (SSSR count). The number of hydrogen-bond donors (Lipinski definition) is 1. The van der Waals surface area contributed by atoms with Crippen molar-refractivity contribution in [3.05, 3.63) is 36.8 Å². The molecule has 0 bridgehead atoms. The van der Waals surface area contributed by atoms with E-state index in [1.165, 1.54) is 0 Å². The van der Waals surface area contributed by atoms with Crippen molar-refractivity contribution in [1.82, 2.24) is 0 Å². The molecule has 0 aromatic carbocycles. The van der Waals surface area contributed by atoms with E-state index >= 15 is 0 Å². The molecule has 5 heteroatoms. The first-order valence-electron chi connectivity index (χ1n) is 7.24. The Bertz CT molecular complexity index is 400. The largest absolute Gasteiger partial charge is 0.286 e. The van der Waals surface area contributed by atoms with Crippen LogP contribution in [-0.2, 0) is 10.1 Å². The molecule has 0 amide bonds. The first-order valence-corrected chi connectivity index (χ1v) is 8.85. The summed E-state index contributed by atoms with van der Waals surface area (Å²) in [5, 5.41) is 0. The van der Waals surface area contributed by atoms with E-state index in [0.717, 1.165) is 19.3 Å². The lowest BCUT2D eigenvalue weighted by Crippen LogP contribution is -2.33. The Hall–Kier alpha value is -0.910. The van der Waals surface area contributed by atoms with E-state index < -0.39 is 10.1 Å². The zero-order chi connectivity index (χ0) is 15.5. The van der Waals surface area contributed by atoms with Crippen LogP contribution in [0.4, 0.5) is 0 Å². The van der Waals surface area contributed by atoms with Crippen LogP contribution in [0.1, 0.15) is 46.5 Å². The zero-order valence-electron chi connectivity index (χ0n) is 12.8. The van der Waals surface area contributed by atoms with Crippen LogP contribution in [0, 0.1) is 0 Å². The van der Waals surface area contributed by atoms with Crippen molar-refractivity contribution < 1.29 is 17.5 Å². The van der Waals surface area contributed by atoms with E-state index in [1.807, 2.05) is 0 Å². The van der Waals surface area contributed by atoms with Gasteiger partial charge in [-0.25, -0.2) is 4.48 Å². The maximum atomic E-state index is 10.9. The second kappa shape index (κ2) is 9.91. The van der Waals surface area contributed by atoms with Crippen molar-refractivity contribution in [3.63, 3.8) is 0 Å². The number of rotatable bonds is 10. The Morgan fingerprint density at radius 3 is 1.60 bits per heavy atom. The Morgan fingerprint density at radius 2 is 1.30 bits per heavy atom. The predicted molar refractivity (Wildman–Crippen MR) is 84.5 cm³/mol. The van der Waals surface area contributed by atoms with Gasteiger partial charge in [0.2, 0.25) is 0 Å². The zero-order valence-corrected chi connectivity index (χ0v) is 13.6. The lowest BCUT2D eigenvalue weighted by Gasteiger charge is -2.26. The highest BCUT2D eigenvalue weighted by Gasteiger charge is 2.19.